The van der Waals surface area contributed by atoms with Crippen LogP contribution in [-0.4, -0.2) is 26.4 Å². The molecule has 0 bridgehead atoms. The van der Waals surface area contributed by atoms with Gasteiger partial charge in [-0.2, -0.15) is 0 Å². The van der Waals surface area contributed by atoms with Gasteiger partial charge in [0.05, 0.1) is 13.2 Å². The molecule has 0 heterocycles. The Hall–Kier alpha value is -1.58. The summed E-state index contributed by atoms with van der Waals surface area (Å²) in [5.41, 5.74) is 5.33. The van der Waals surface area contributed by atoms with Gasteiger partial charge in [0.2, 0.25) is 0 Å². The average molecular weight is 231 g/mol. The Kier molecular flexibility index (Phi) is 4.36. The fourth-order valence-corrected chi connectivity index (χ4v) is 1.72. The first kappa shape index (κ1) is 11.9. The van der Waals surface area contributed by atoms with Crippen LogP contribution < -0.4 is 10.5 Å². The predicted octanol–water partition coefficient (Wildman–Crippen LogP) is 2.19. The van der Waals surface area contributed by atoms with Gasteiger partial charge in [-0.05, 0) is 11.5 Å². The van der Waals surface area contributed by atoms with Gasteiger partial charge in [0, 0.05) is 11.9 Å². The minimum atomic E-state index is 0.550. The number of hydrogen-bond acceptors (Lipinski definition) is 3. The highest BCUT2D eigenvalue weighted by Crippen LogP contribution is 2.24. The van der Waals surface area contributed by atoms with E-state index in [9.17, 15) is 0 Å². The molecule has 0 spiro atoms. The zero-order valence-electron chi connectivity index (χ0n) is 9.76. The molecule has 0 aliphatic heterocycles. The van der Waals surface area contributed by atoms with Crippen LogP contribution in [0.1, 0.15) is 0 Å². The highest BCUT2D eigenvalue weighted by Gasteiger charge is 2.00. The molecule has 0 aliphatic rings. The standard InChI is InChI=1S/C14H17NO2/c15-8-9-16-10-11-17-14-7-3-5-12-4-1-2-6-13(12)14/h1-7H,8-11,15H2. The Morgan fingerprint density at radius 2 is 1.71 bits per heavy atom. The highest BCUT2D eigenvalue weighted by molar-refractivity contribution is 5.88. The Balaban J connectivity index is 1.98. The maximum atomic E-state index is 5.70. The first-order chi connectivity index (χ1) is 8.42. The fraction of sp³-hybridized carbons (Fsp3) is 0.286. The third kappa shape index (κ3) is 3.19. The largest absolute Gasteiger partial charge is 0.491 e. The number of fused-ring (bicyclic) bond motifs is 1. The van der Waals surface area contributed by atoms with Crippen molar-refractivity contribution in [1.82, 2.24) is 0 Å². The molecule has 2 N–H and O–H groups in total. The van der Waals surface area contributed by atoms with Crippen molar-refractivity contribution in [1.29, 1.82) is 0 Å². The lowest BCUT2D eigenvalue weighted by molar-refractivity contribution is 0.106. The summed E-state index contributed by atoms with van der Waals surface area (Å²) < 4.78 is 11.0. The molecule has 2 aromatic carbocycles. The Morgan fingerprint density at radius 1 is 0.882 bits per heavy atom. The molecule has 17 heavy (non-hydrogen) atoms. The Bertz CT molecular complexity index is 465. The van der Waals surface area contributed by atoms with E-state index in [2.05, 4.69) is 18.2 Å². The van der Waals surface area contributed by atoms with E-state index in [1.165, 1.54) is 5.39 Å². The fourth-order valence-electron chi connectivity index (χ4n) is 1.72. The molecule has 2 aromatic rings. The van der Waals surface area contributed by atoms with E-state index in [4.69, 9.17) is 15.2 Å². The first-order valence-electron chi connectivity index (χ1n) is 5.80. The van der Waals surface area contributed by atoms with Gasteiger partial charge < -0.3 is 15.2 Å². The van der Waals surface area contributed by atoms with Gasteiger partial charge in [-0.1, -0.05) is 36.4 Å². The van der Waals surface area contributed by atoms with Crippen LogP contribution >= 0.6 is 0 Å². The zero-order chi connectivity index (χ0) is 11.9. The van der Waals surface area contributed by atoms with Crippen molar-refractivity contribution in [3.8, 4) is 5.75 Å². The molecular weight excluding hydrogens is 214 g/mol. The summed E-state index contributed by atoms with van der Waals surface area (Å²) in [6.07, 6.45) is 0. The van der Waals surface area contributed by atoms with Gasteiger partial charge >= 0.3 is 0 Å². The van der Waals surface area contributed by atoms with Crippen LogP contribution in [0, 0.1) is 0 Å². The van der Waals surface area contributed by atoms with E-state index in [1.54, 1.807) is 0 Å². The lowest BCUT2D eigenvalue weighted by Gasteiger charge is -2.09. The highest BCUT2D eigenvalue weighted by atomic mass is 16.5. The summed E-state index contributed by atoms with van der Waals surface area (Å²) in [4.78, 5) is 0. The summed E-state index contributed by atoms with van der Waals surface area (Å²) >= 11 is 0. The summed E-state index contributed by atoms with van der Waals surface area (Å²) in [5.74, 6) is 0.902. The van der Waals surface area contributed by atoms with Gasteiger partial charge in [0.25, 0.3) is 0 Å². The third-order valence-corrected chi connectivity index (χ3v) is 2.50. The molecule has 0 radical (unpaired) electrons. The SMILES string of the molecule is NCCOCCOc1cccc2ccccc12. The van der Waals surface area contributed by atoms with E-state index >= 15 is 0 Å². The smallest absolute Gasteiger partial charge is 0.127 e. The summed E-state index contributed by atoms with van der Waals surface area (Å²) in [6.45, 7) is 2.25. The van der Waals surface area contributed by atoms with E-state index in [0.717, 1.165) is 11.1 Å². The zero-order valence-corrected chi connectivity index (χ0v) is 9.76. The Morgan fingerprint density at radius 3 is 2.59 bits per heavy atom. The maximum absolute atomic E-state index is 5.70. The van der Waals surface area contributed by atoms with Gasteiger partial charge in [-0.3, -0.25) is 0 Å². The molecule has 2 rings (SSSR count). The van der Waals surface area contributed by atoms with E-state index in [-0.39, 0.29) is 0 Å². The van der Waals surface area contributed by atoms with Crippen molar-refractivity contribution in [3.63, 3.8) is 0 Å². The second kappa shape index (κ2) is 6.23. The minimum absolute atomic E-state index is 0.550. The number of rotatable bonds is 6. The van der Waals surface area contributed by atoms with Gasteiger partial charge in [-0.15, -0.1) is 0 Å². The maximum Gasteiger partial charge on any atom is 0.127 e. The molecule has 3 nitrogen and oxygen atoms in total. The van der Waals surface area contributed by atoms with Crippen molar-refractivity contribution in [2.75, 3.05) is 26.4 Å². The van der Waals surface area contributed by atoms with E-state index < -0.39 is 0 Å². The number of ether oxygens (including phenoxy) is 2. The minimum Gasteiger partial charge on any atom is -0.491 e. The monoisotopic (exact) mass is 231 g/mol. The van der Waals surface area contributed by atoms with Gasteiger partial charge in [0.1, 0.15) is 12.4 Å². The topological polar surface area (TPSA) is 44.5 Å². The second-order valence-corrected chi connectivity index (χ2v) is 3.73. The van der Waals surface area contributed by atoms with E-state index in [0.29, 0.717) is 26.4 Å². The van der Waals surface area contributed by atoms with Crippen LogP contribution in [0.5, 0.6) is 5.75 Å². The van der Waals surface area contributed by atoms with Crippen molar-refractivity contribution in [2.45, 2.75) is 0 Å². The third-order valence-electron chi connectivity index (χ3n) is 2.50. The predicted molar refractivity (Wildman–Crippen MR) is 69.3 cm³/mol. The van der Waals surface area contributed by atoms with Crippen LogP contribution in [0.3, 0.4) is 0 Å². The molecule has 0 atom stereocenters. The first-order valence-corrected chi connectivity index (χ1v) is 5.80. The van der Waals surface area contributed by atoms with Crippen LogP contribution in [0.15, 0.2) is 42.5 Å². The molecule has 0 aliphatic carbocycles. The lowest BCUT2D eigenvalue weighted by Crippen LogP contribution is -2.13. The van der Waals surface area contributed by atoms with Crippen LogP contribution in [0.25, 0.3) is 10.8 Å². The Labute approximate surface area is 101 Å². The molecule has 0 saturated heterocycles. The molecule has 0 fully saturated rings. The van der Waals surface area contributed by atoms with Gasteiger partial charge in [0.15, 0.2) is 0 Å². The lowest BCUT2D eigenvalue weighted by atomic mass is 10.1. The number of nitrogens with two attached hydrogens (primary N) is 1. The quantitative estimate of drug-likeness (QED) is 0.775. The van der Waals surface area contributed by atoms with Crippen LogP contribution in [0.2, 0.25) is 0 Å². The average Bonchev–Trinajstić information content (AvgIpc) is 2.39. The van der Waals surface area contributed by atoms with Crippen molar-refractivity contribution < 1.29 is 9.47 Å². The van der Waals surface area contributed by atoms with Crippen LogP contribution in [0.4, 0.5) is 0 Å². The van der Waals surface area contributed by atoms with E-state index in [1.807, 2.05) is 24.3 Å². The van der Waals surface area contributed by atoms with Crippen LogP contribution in [-0.2, 0) is 4.74 Å². The molecule has 0 aromatic heterocycles. The normalized spacial score (nSPS) is 10.6. The molecular formula is C14H17NO2. The molecule has 0 amide bonds. The molecule has 90 valence electrons. The summed E-state index contributed by atoms with van der Waals surface area (Å²) in [6, 6.07) is 14.2. The van der Waals surface area contributed by atoms with Gasteiger partial charge in [-0.25, -0.2) is 0 Å². The summed E-state index contributed by atoms with van der Waals surface area (Å²) in [5, 5.41) is 2.32. The summed E-state index contributed by atoms with van der Waals surface area (Å²) in [7, 11) is 0. The number of hydrogen-bond donors (Lipinski definition) is 1. The van der Waals surface area contributed by atoms with Crippen molar-refractivity contribution in [2.24, 2.45) is 5.73 Å². The van der Waals surface area contributed by atoms with Crippen molar-refractivity contribution in [3.05, 3.63) is 42.5 Å². The number of benzene rings is 2. The van der Waals surface area contributed by atoms with Crippen molar-refractivity contribution >= 4 is 10.8 Å². The molecule has 0 saturated carbocycles. The molecule has 3 heteroatoms. The second-order valence-electron chi connectivity index (χ2n) is 3.73. The molecule has 0 unspecified atom stereocenters.